The summed E-state index contributed by atoms with van der Waals surface area (Å²) in [5.41, 5.74) is 0.598. The largest absolute Gasteiger partial charge is 0.394 e. The van der Waals surface area contributed by atoms with Crippen LogP contribution in [0, 0.1) is 12.7 Å². The summed E-state index contributed by atoms with van der Waals surface area (Å²) in [5, 5.41) is 16.0. The van der Waals surface area contributed by atoms with Gasteiger partial charge < -0.3 is 9.63 Å². The first-order valence-corrected chi connectivity index (χ1v) is 6.06. The number of aryl methyl sites for hydroxylation is 1. The van der Waals surface area contributed by atoms with Gasteiger partial charge in [-0.05, 0) is 24.6 Å². The summed E-state index contributed by atoms with van der Waals surface area (Å²) in [4.78, 5) is 4.03. The quantitative estimate of drug-likeness (QED) is 0.879. The first-order chi connectivity index (χ1) is 9.10. The van der Waals surface area contributed by atoms with Crippen molar-refractivity contribution in [3.8, 4) is 0 Å². The van der Waals surface area contributed by atoms with Gasteiger partial charge in [-0.25, -0.2) is 4.39 Å². The average molecular weight is 286 g/mol. The molecule has 0 saturated carbocycles. The van der Waals surface area contributed by atoms with Crippen LogP contribution in [0.2, 0.25) is 5.02 Å². The molecule has 1 atom stereocenters. The molecule has 2 aromatic rings. The zero-order chi connectivity index (χ0) is 13.8. The molecule has 2 N–H and O–H groups in total. The number of benzene rings is 1. The Morgan fingerprint density at radius 3 is 2.89 bits per heavy atom. The monoisotopic (exact) mass is 285 g/mol. The van der Waals surface area contributed by atoms with Crippen LogP contribution in [0.15, 0.2) is 22.7 Å². The van der Waals surface area contributed by atoms with Gasteiger partial charge in [0.25, 0.3) is 0 Å². The van der Waals surface area contributed by atoms with Gasteiger partial charge >= 0.3 is 0 Å². The van der Waals surface area contributed by atoms with E-state index in [1.54, 1.807) is 13.0 Å². The number of aliphatic hydroxyl groups is 1. The van der Waals surface area contributed by atoms with Gasteiger partial charge in [-0.3, -0.25) is 5.32 Å². The fourth-order valence-electron chi connectivity index (χ4n) is 1.64. The first kappa shape index (κ1) is 13.9. The summed E-state index contributed by atoms with van der Waals surface area (Å²) < 4.78 is 18.3. The van der Waals surface area contributed by atoms with Gasteiger partial charge in [0.1, 0.15) is 5.82 Å². The lowest BCUT2D eigenvalue weighted by atomic mass is 10.1. The van der Waals surface area contributed by atoms with E-state index in [-0.39, 0.29) is 18.2 Å². The highest BCUT2D eigenvalue weighted by Gasteiger charge is 2.13. The molecule has 5 nitrogen and oxygen atoms in total. The minimum atomic E-state index is -0.520. The van der Waals surface area contributed by atoms with Crippen molar-refractivity contribution in [1.82, 2.24) is 15.5 Å². The van der Waals surface area contributed by atoms with Gasteiger partial charge in [-0.15, -0.1) is 0 Å². The number of rotatable bonds is 5. The third-order valence-electron chi connectivity index (χ3n) is 2.60. The second-order valence-corrected chi connectivity index (χ2v) is 4.43. The van der Waals surface area contributed by atoms with Crippen LogP contribution >= 0.6 is 11.6 Å². The van der Waals surface area contributed by atoms with E-state index in [0.717, 1.165) is 0 Å². The van der Waals surface area contributed by atoms with E-state index in [1.165, 1.54) is 12.1 Å². The molecular formula is C12H13ClFN3O2. The highest BCUT2D eigenvalue weighted by atomic mass is 35.5. The fraction of sp³-hybridized carbons (Fsp3) is 0.333. The van der Waals surface area contributed by atoms with E-state index in [9.17, 15) is 9.50 Å². The fourth-order valence-corrected chi connectivity index (χ4v) is 1.76. The number of aliphatic hydroxyl groups excluding tert-OH is 1. The van der Waals surface area contributed by atoms with Gasteiger partial charge in [0.15, 0.2) is 5.82 Å². The molecule has 0 spiro atoms. The van der Waals surface area contributed by atoms with Crippen LogP contribution in [0.3, 0.4) is 0 Å². The summed E-state index contributed by atoms with van der Waals surface area (Å²) in [6, 6.07) is 3.96. The lowest BCUT2D eigenvalue weighted by molar-refractivity contribution is 0.237. The Kier molecular flexibility index (Phi) is 4.47. The van der Waals surface area contributed by atoms with Crippen LogP contribution in [-0.4, -0.2) is 21.9 Å². The zero-order valence-electron chi connectivity index (χ0n) is 10.2. The number of aromatic nitrogens is 2. The highest BCUT2D eigenvalue weighted by Crippen LogP contribution is 2.20. The minimum Gasteiger partial charge on any atom is -0.394 e. The molecule has 0 aliphatic rings. The van der Waals surface area contributed by atoms with E-state index < -0.39 is 11.9 Å². The predicted octanol–water partition coefficient (Wildman–Crippen LogP) is 1.99. The third kappa shape index (κ3) is 3.50. The van der Waals surface area contributed by atoms with Crippen molar-refractivity contribution in [2.24, 2.45) is 0 Å². The van der Waals surface area contributed by atoms with Crippen LogP contribution in [-0.2, 0) is 6.54 Å². The smallest absolute Gasteiger partial charge is 0.240 e. The number of nitrogens with zero attached hydrogens (tertiary/aromatic N) is 2. The molecule has 0 aliphatic carbocycles. The molecule has 1 unspecified atom stereocenters. The summed E-state index contributed by atoms with van der Waals surface area (Å²) in [6.07, 6.45) is 0. The minimum absolute atomic E-state index is 0.0490. The molecule has 7 heteroatoms. The average Bonchev–Trinajstić information content (AvgIpc) is 2.80. The third-order valence-corrected chi connectivity index (χ3v) is 2.90. The zero-order valence-corrected chi connectivity index (χ0v) is 11.0. The van der Waals surface area contributed by atoms with Crippen LogP contribution in [0.4, 0.5) is 4.39 Å². The maximum absolute atomic E-state index is 13.4. The molecule has 19 heavy (non-hydrogen) atoms. The van der Waals surface area contributed by atoms with Crippen molar-refractivity contribution in [3.05, 3.63) is 46.3 Å². The number of nitrogens with one attached hydrogen (secondary N) is 1. The van der Waals surface area contributed by atoms with Gasteiger partial charge in [-0.1, -0.05) is 22.8 Å². The van der Waals surface area contributed by atoms with Gasteiger partial charge in [0, 0.05) is 0 Å². The summed E-state index contributed by atoms with van der Waals surface area (Å²) in [7, 11) is 0. The van der Waals surface area contributed by atoms with Crippen molar-refractivity contribution < 1.29 is 14.0 Å². The molecule has 2 rings (SSSR count). The molecule has 0 amide bonds. The Balaban J connectivity index is 2.05. The van der Waals surface area contributed by atoms with Crippen LogP contribution in [0.1, 0.15) is 23.3 Å². The first-order valence-electron chi connectivity index (χ1n) is 5.68. The molecule has 102 valence electrons. The molecule has 0 bridgehead atoms. The van der Waals surface area contributed by atoms with E-state index in [1.807, 2.05) is 0 Å². The Hall–Kier alpha value is -1.50. The van der Waals surface area contributed by atoms with E-state index in [0.29, 0.717) is 17.3 Å². The van der Waals surface area contributed by atoms with Gasteiger partial charge in [0.2, 0.25) is 5.89 Å². The molecule has 0 saturated heterocycles. The Morgan fingerprint density at radius 1 is 1.53 bits per heavy atom. The highest BCUT2D eigenvalue weighted by molar-refractivity contribution is 6.30. The Morgan fingerprint density at radius 2 is 2.32 bits per heavy atom. The van der Waals surface area contributed by atoms with Crippen LogP contribution < -0.4 is 5.32 Å². The molecule has 1 heterocycles. The summed E-state index contributed by atoms with van der Waals surface area (Å²) in [5.74, 6) is 0.424. The SMILES string of the molecule is Cc1noc(CNC(CO)c2ccc(Cl)c(F)c2)n1. The van der Waals surface area contributed by atoms with Crippen molar-refractivity contribution in [2.45, 2.75) is 19.5 Å². The Bertz CT molecular complexity index is 562. The van der Waals surface area contributed by atoms with Gasteiger partial charge in [-0.2, -0.15) is 4.98 Å². The van der Waals surface area contributed by atoms with E-state index in [2.05, 4.69) is 15.5 Å². The molecule has 1 aromatic heterocycles. The number of hydrogen-bond acceptors (Lipinski definition) is 5. The van der Waals surface area contributed by atoms with Crippen LogP contribution in [0.25, 0.3) is 0 Å². The molecule has 0 radical (unpaired) electrons. The summed E-state index contributed by atoms with van der Waals surface area (Å²) in [6.45, 7) is 1.82. The van der Waals surface area contributed by atoms with E-state index in [4.69, 9.17) is 16.1 Å². The summed E-state index contributed by atoms with van der Waals surface area (Å²) >= 11 is 5.61. The van der Waals surface area contributed by atoms with Crippen molar-refractivity contribution in [3.63, 3.8) is 0 Å². The molecular weight excluding hydrogens is 273 g/mol. The molecule has 1 aromatic carbocycles. The van der Waals surface area contributed by atoms with Crippen LogP contribution in [0.5, 0.6) is 0 Å². The standard InChI is InChI=1S/C12H13ClFN3O2/c1-7-16-12(19-17-7)5-15-11(6-18)8-2-3-9(13)10(14)4-8/h2-4,11,15,18H,5-6H2,1H3. The van der Waals surface area contributed by atoms with Crippen molar-refractivity contribution >= 4 is 11.6 Å². The predicted molar refractivity (Wildman–Crippen MR) is 67.1 cm³/mol. The second-order valence-electron chi connectivity index (χ2n) is 4.02. The lowest BCUT2D eigenvalue weighted by Crippen LogP contribution is -2.24. The second kappa shape index (κ2) is 6.10. The number of halogens is 2. The number of hydrogen-bond donors (Lipinski definition) is 2. The van der Waals surface area contributed by atoms with Crippen molar-refractivity contribution in [2.75, 3.05) is 6.61 Å². The van der Waals surface area contributed by atoms with Crippen molar-refractivity contribution in [1.29, 1.82) is 0 Å². The maximum atomic E-state index is 13.4. The van der Waals surface area contributed by atoms with Gasteiger partial charge in [0.05, 0.1) is 24.2 Å². The lowest BCUT2D eigenvalue weighted by Gasteiger charge is -2.15. The maximum Gasteiger partial charge on any atom is 0.240 e. The molecule has 0 aliphatic heterocycles. The topological polar surface area (TPSA) is 71.2 Å². The molecule has 0 fully saturated rings. The Labute approximate surface area is 114 Å². The van der Waals surface area contributed by atoms with E-state index >= 15 is 0 Å². The normalized spacial score (nSPS) is 12.6.